The number of carbonyl (C=O) groups is 1. The fraction of sp³-hybridized carbons (Fsp3) is 0.533. The Morgan fingerprint density at radius 1 is 1.37 bits per heavy atom. The normalized spacial score (nSPS) is 20.6. The lowest BCUT2D eigenvalue weighted by Gasteiger charge is -2.25. The van der Waals surface area contributed by atoms with Crippen LogP contribution in [0.1, 0.15) is 37.2 Å². The van der Waals surface area contributed by atoms with Gasteiger partial charge in [0.05, 0.1) is 5.69 Å². The first-order chi connectivity index (χ1) is 9.28. The van der Waals surface area contributed by atoms with E-state index in [0.717, 1.165) is 11.4 Å². The van der Waals surface area contributed by atoms with Gasteiger partial charge in [0.2, 0.25) is 0 Å². The summed E-state index contributed by atoms with van der Waals surface area (Å²) in [6.07, 6.45) is 5.15. The number of hydrogen-bond acceptors (Lipinski definition) is 3. The van der Waals surface area contributed by atoms with Crippen LogP contribution in [0.4, 0.5) is 5.69 Å². The molecule has 1 fully saturated rings. The first kappa shape index (κ1) is 12.5. The van der Waals surface area contributed by atoms with Crippen LogP contribution < -0.4 is 15.8 Å². The van der Waals surface area contributed by atoms with Crippen LogP contribution in [0.25, 0.3) is 0 Å². The molecule has 3 N–H and O–H groups in total. The lowest BCUT2D eigenvalue weighted by molar-refractivity contribution is -0.118. The topological polar surface area (TPSA) is 64.3 Å². The molecule has 1 aliphatic heterocycles. The van der Waals surface area contributed by atoms with Crippen molar-refractivity contribution in [3.8, 4) is 5.75 Å². The third-order valence-electron chi connectivity index (χ3n) is 4.29. The SMILES string of the molecule is NCC(c1ccc2c(c1)NC(=O)CO2)C1CCCC1. The van der Waals surface area contributed by atoms with E-state index < -0.39 is 0 Å². The smallest absolute Gasteiger partial charge is 0.262 e. The zero-order valence-corrected chi connectivity index (χ0v) is 11.0. The predicted molar refractivity (Wildman–Crippen MR) is 74.3 cm³/mol. The molecule has 0 bridgehead atoms. The summed E-state index contributed by atoms with van der Waals surface area (Å²) in [5.74, 6) is 1.75. The fourth-order valence-electron chi connectivity index (χ4n) is 3.29. The van der Waals surface area contributed by atoms with Crippen LogP contribution in [0.15, 0.2) is 18.2 Å². The third kappa shape index (κ3) is 2.45. The van der Waals surface area contributed by atoms with Crippen LogP contribution in [0.3, 0.4) is 0 Å². The molecule has 1 heterocycles. The second-order valence-corrected chi connectivity index (χ2v) is 5.48. The van der Waals surface area contributed by atoms with Gasteiger partial charge in [-0.05, 0) is 48.9 Å². The summed E-state index contributed by atoms with van der Waals surface area (Å²) in [6.45, 7) is 0.771. The maximum Gasteiger partial charge on any atom is 0.262 e. The van der Waals surface area contributed by atoms with E-state index in [2.05, 4.69) is 11.4 Å². The summed E-state index contributed by atoms with van der Waals surface area (Å²) < 4.78 is 5.39. The maximum atomic E-state index is 11.4. The first-order valence-corrected chi connectivity index (χ1v) is 7.04. The minimum atomic E-state index is -0.0881. The number of fused-ring (bicyclic) bond motifs is 1. The molecule has 0 saturated heterocycles. The average Bonchev–Trinajstić information content (AvgIpc) is 2.93. The van der Waals surface area contributed by atoms with Crippen molar-refractivity contribution in [2.75, 3.05) is 18.5 Å². The molecule has 0 radical (unpaired) electrons. The highest BCUT2D eigenvalue weighted by atomic mass is 16.5. The number of benzene rings is 1. The van der Waals surface area contributed by atoms with Gasteiger partial charge < -0.3 is 15.8 Å². The quantitative estimate of drug-likeness (QED) is 0.876. The van der Waals surface area contributed by atoms with Crippen molar-refractivity contribution in [3.05, 3.63) is 23.8 Å². The van der Waals surface area contributed by atoms with Crippen LogP contribution in [0.5, 0.6) is 5.75 Å². The van der Waals surface area contributed by atoms with E-state index >= 15 is 0 Å². The second-order valence-electron chi connectivity index (χ2n) is 5.48. The van der Waals surface area contributed by atoms with Gasteiger partial charge in [-0.2, -0.15) is 0 Å². The van der Waals surface area contributed by atoms with Gasteiger partial charge in [0.25, 0.3) is 5.91 Å². The van der Waals surface area contributed by atoms with Crippen molar-refractivity contribution < 1.29 is 9.53 Å². The van der Waals surface area contributed by atoms with E-state index in [-0.39, 0.29) is 12.5 Å². The molecule has 1 aromatic rings. The minimum Gasteiger partial charge on any atom is -0.482 e. The van der Waals surface area contributed by atoms with E-state index in [4.69, 9.17) is 10.5 Å². The molecule has 1 aliphatic carbocycles. The summed E-state index contributed by atoms with van der Waals surface area (Å²) in [6, 6.07) is 6.07. The van der Waals surface area contributed by atoms with Crippen LogP contribution >= 0.6 is 0 Å². The molecule has 0 aromatic heterocycles. The molecule has 102 valence electrons. The zero-order chi connectivity index (χ0) is 13.2. The number of anilines is 1. The number of nitrogens with one attached hydrogen (secondary N) is 1. The van der Waals surface area contributed by atoms with Gasteiger partial charge in [0.15, 0.2) is 6.61 Å². The van der Waals surface area contributed by atoms with Gasteiger partial charge in [-0.15, -0.1) is 0 Å². The van der Waals surface area contributed by atoms with Gasteiger partial charge in [0.1, 0.15) is 5.75 Å². The zero-order valence-electron chi connectivity index (χ0n) is 11.0. The lowest BCUT2D eigenvalue weighted by atomic mass is 9.84. The van der Waals surface area contributed by atoms with Crippen molar-refractivity contribution in [2.45, 2.75) is 31.6 Å². The molecular formula is C15H20N2O2. The van der Waals surface area contributed by atoms with E-state index in [0.29, 0.717) is 18.4 Å². The molecule has 2 aliphatic rings. The standard InChI is InChI=1S/C15H20N2O2/c16-8-12(10-3-1-2-4-10)11-5-6-14-13(7-11)17-15(18)9-19-14/h5-7,10,12H,1-4,8-9,16H2,(H,17,18). The van der Waals surface area contributed by atoms with Crippen LogP contribution in [-0.4, -0.2) is 19.1 Å². The average molecular weight is 260 g/mol. The van der Waals surface area contributed by atoms with Crippen LogP contribution in [0, 0.1) is 5.92 Å². The summed E-state index contributed by atoms with van der Waals surface area (Å²) in [7, 11) is 0. The summed E-state index contributed by atoms with van der Waals surface area (Å²) in [4.78, 5) is 11.4. The Kier molecular flexibility index (Phi) is 3.42. The van der Waals surface area contributed by atoms with E-state index in [9.17, 15) is 4.79 Å². The largest absolute Gasteiger partial charge is 0.482 e. The van der Waals surface area contributed by atoms with Crippen molar-refractivity contribution in [3.63, 3.8) is 0 Å². The van der Waals surface area contributed by atoms with Gasteiger partial charge in [0, 0.05) is 0 Å². The Bertz CT molecular complexity index is 481. The van der Waals surface area contributed by atoms with Crippen LogP contribution in [0.2, 0.25) is 0 Å². The highest BCUT2D eigenvalue weighted by Crippen LogP contribution is 2.39. The van der Waals surface area contributed by atoms with Crippen molar-refractivity contribution in [1.29, 1.82) is 0 Å². The number of hydrogen-bond donors (Lipinski definition) is 2. The Balaban J connectivity index is 1.87. The number of nitrogens with two attached hydrogens (primary N) is 1. The molecule has 1 aromatic carbocycles. The van der Waals surface area contributed by atoms with Crippen molar-refractivity contribution in [1.82, 2.24) is 0 Å². The Labute approximate surface area is 113 Å². The predicted octanol–water partition coefficient (Wildman–Crippen LogP) is 2.25. The molecule has 4 nitrogen and oxygen atoms in total. The molecule has 1 unspecified atom stereocenters. The van der Waals surface area contributed by atoms with Crippen LogP contribution in [-0.2, 0) is 4.79 Å². The van der Waals surface area contributed by atoms with Gasteiger partial charge in [-0.25, -0.2) is 0 Å². The second kappa shape index (κ2) is 5.21. The molecule has 0 spiro atoms. The molecule has 1 amide bonds. The maximum absolute atomic E-state index is 11.4. The number of carbonyl (C=O) groups excluding carboxylic acids is 1. The minimum absolute atomic E-state index is 0.0881. The number of rotatable bonds is 3. The Hall–Kier alpha value is -1.55. The van der Waals surface area contributed by atoms with E-state index in [1.165, 1.54) is 31.2 Å². The monoisotopic (exact) mass is 260 g/mol. The molecule has 1 saturated carbocycles. The fourth-order valence-corrected chi connectivity index (χ4v) is 3.29. The first-order valence-electron chi connectivity index (χ1n) is 7.04. The van der Waals surface area contributed by atoms with Gasteiger partial charge in [-0.3, -0.25) is 4.79 Å². The summed E-state index contributed by atoms with van der Waals surface area (Å²) in [5.41, 5.74) is 7.97. The Morgan fingerprint density at radius 3 is 2.89 bits per heavy atom. The number of amides is 1. The molecule has 3 rings (SSSR count). The van der Waals surface area contributed by atoms with Gasteiger partial charge in [-0.1, -0.05) is 18.9 Å². The summed E-state index contributed by atoms with van der Waals surface area (Å²) in [5, 5.41) is 2.87. The lowest BCUT2D eigenvalue weighted by Crippen LogP contribution is -2.26. The van der Waals surface area contributed by atoms with E-state index in [1.54, 1.807) is 0 Å². The van der Waals surface area contributed by atoms with Crippen molar-refractivity contribution in [2.24, 2.45) is 11.7 Å². The van der Waals surface area contributed by atoms with Crippen molar-refractivity contribution >= 4 is 11.6 Å². The third-order valence-corrected chi connectivity index (χ3v) is 4.29. The highest BCUT2D eigenvalue weighted by molar-refractivity contribution is 5.95. The number of ether oxygens (including phenoxy) is 1. The molecule has 4 heteroatoms. The highest BCUT2D eigenvalue weighted by Gasteiger charge is 2.26. The van der Waals surface area contributed by atoms with Gasteiger partial charge >= 0.3 is 0 Å². The summed E-state index contributed by atoms with van der Waals surface area (Å²) >= 11 is 0. The Morgan fingerprint density at radius 2 is 2.16 bits per heavy atom. The molecule has 1 atom stereocenters. The molecule has 19 heavy (non-hydrogen) atoms. The van der Waals surface area contributed by atoms with E-state index in [1.807, 2.05) is 12.1 Å². The molecular weight excluding hydrogens is 240 g/mol.